The van der Waals surface area contributed by atoms with E-state index in [1.165, 1.54) is 4.90 Å². The maximum Gasteiger partial charge on any atom is 0.260 e. The lowest BCUT2D eigenvalue weighted by Gasteiger charge is -2.25. The molecule has 118 valence electrons. The number of likely N-dealkylation sites (N-methyl/N-ethyl adjacent to an activating group) is 1. The number of hydrogen-bond acceptors (Lipinski definition) is 4. The van der Waals surface area contributed by atoms with Gasteiger partial charge in [-0.05, 0) is 64.4 Å². The summed E-state index contributed by atoms with van der Waals surface area (Å²) >= 11 is 3.83. The molecule has 2 aromatic rings. The average Bonchev–Trinajstić information content (AvgIpc) is 3.22. The van der Waals surface area contributed by atoms with E-state index in [2.05, 4.69) is 50.4 Å². The largest absolute Gasteiger partial charge is 0.337 e. The number of thiophene rings is 1. The molecule has 2 aromatic heterocycles. The maximum atomic E-state index is 12.8. The van der Waals surface area contributed by atoms with Crippen LogP contribution in [-0.2, 0) is 10.3 Å². The molecule has 0 bridgehead atoms. The average molecular weight is 438 g/mol. The van der Waals surface area contributed by atoms with E-state index in [-0.39, 0.29) is 17.8 Å². The Kier molecular flexibility index (Phi) is 3.45. The summed E-state index contributed by atoms with van der Waals surface area (Å²) in [6.07, 6.45) is 5.72. The van der Waals surface area contributed by atoms with Gasteiger partial charge < -0.3 is 5.32 Å². The summed E-state index contributed by atoms with van der Waals surface area (Å²) in [5.74, 6) is 0.452. The van der Waals surface area contributed by atoms with Crippen molar-refractivity contribution in [2.75, 3.05) is 7.05 Å². The van der Waals surface area contributed by atoms with Gasteiger partial charge in [0.15, 0.2) is 11.5 Å². The van der Waals surface area contributed by atoms with Crippen LogP contribution in [-0.4, -0.2) is 28.8 Å². The molecule has 1 atom stereocenters. The minimum Gasteiger partial charge on any atom is -0.337 e. The van der Waals surface area contributed by atoms with Crippen molar-refractivity contribution in [3.63, 3.8) is 0 Å². The molecule has 1 aliphatic carbocycles. The van der Waals surface area contributed by atoms with Gasteiger partial charge >= 0.3 is 0 Å². The van der Waals surface area contributed by atoms with Gasteiger partial charge in [-0.25, -0.2) is 0 Å². The van der Waals surface area contributed by atoms with Crippen molar-refractivity contribution < 1.29 is 4.79 Å². The normalized spacial score (nSPS) is 24.2. The number of nitrogens with one attached hydrogen (secondary N) is 2. The first-order chi connectivity index (χ1) is 11.0. The molecule has 0 aromatic carbocycles. The van der Waals surface area contributed by atoms with E-state index in [0.717, 1.165) is 32.4 Å². The van der Waals surface area contributed by atoms with E-state index < -0.39 is 5.54 Å². The molecular weight excluding hydrogens is 423 g/mol. The predicted octanol–water partition coefficient (Wildman–Crippen LogP) is 3.02. The number of guanidine groups is 1. The third-order valence-corrected chi connectivity index (χ3v) is 6.16. The molecule has 4 rings (SSSR count). The van der Waals surface area contributed by atoms with Crippen LogP contribution in [0, 0.1) is 14.9 Å². The molecule has 2 fully saturated rings. The monoisotopic (exact) mass is 438 g/mol. The summed E-state index contributed by atoms with van der Waals surface area (Å²) in [5.41, 5.74) is 1.38. The van der Waals surface area contributed by atoms with E-state index in [4.69, 9.17) is 5.41 Å². The van der Waals surface area contributed by atoms with Crippen LogP contribution in [0.15, 0.2) is 29.9 Å². The summed E-state index contributed by atoms with van der Waals surface area (Å²) < 4.78 is 1.08. The van der Waals surface area contributed by atoms with Crippen LogP contribution in [0.25, 0.3) is 11.1 Å². The number of hydrogen-bond donors (Lipinski definition) is 2. The number of amides is 1. The Bertz CT molecular complexity index is 816. The highest BCUT2D eigenvalue weighted by Crippen LogP contribution is 2.50. The zero-order valence-corrected chi connectivity index (χ0v) is 15.4. The first-order valence-corrected chi connectivity index (χ1v) is 9.33. The number of rotatable bonds is 3. The Labute approximate surface area is 151 Å². The zero-order valence-electron chi connectivity index (χ0n) is 12.5. The molecule has 0 spiro atoms. The van der Waals surface area contributed by atoms with E-state index >= 15 is 0 Å². The lowest BCUT2D eigenvalue weighted by atomic mass is 9.90. The minimum atomic E-state index is -0.746. The second-order valence-corrected chi connectivity index (χ2v) is 8.17. The Morgan fingerprint density at radius 3 is 2.78 bits per heavy atom. The van der Waals surface area contributed by atoms with Crippen LogP contribution in [0.5, 0.6) is 0 Å². The summed E-state index contributed by atoms with van der Waals surface area (Å²) in [6, 6.07) is 4.16. The van der Waals surface area contributed by atoms with Gasteiger partial charge in [0.1, 0.15) is 0 Å². The van der Waals surface area contributed by atoms with Crippen molar-refractivity contribution in [1.29, 1.82) is 5.41 Å². The highest BCUT2D eigenvalue weighted by atomic mass is 127. The highest BCUT2D eigenvalue weighted by Gasteiger charge is 2.59. The van der Waals surface area contributed by atoms with Gasteiger partial charge in [0, 0.05) is 33.5 Å². The number of nitrogens with zero attached hydrogens (tertiary/aromatic N) is 2. The van der Waals surface area contributed by atoms with Crippen molar-refractivity contribution in [1.82, 2.24) is 15.2 Å². The van der Waals surface area contributed by atoms with E-state index in [1.54, 1.807) is 18.4 Å². The molecule has 2 N–H and O–H groups in total. The fourth-order valence-electron chi connectivity index (χ4n) is 3.12. The van der Waals surface area contributed by atoms with Crippen LogP contribution >= 0.6 is 33.9 Å². The third kappa shape index (κ3) is 2.28. The van der Waals surface area contributed by atoms with Gasteiger partial charge in [-0.15, -0.1) is 11.3 Å². The minimum absolute atomic E-state index is 0.0147. The number of pyridine rings is 1. The topological polar surface area (TPSA) is 69.1 Å². The van der Waals surface area contributed by atoms with Gasteiger partial charge in [0.05, 0.1) is 0 Å². The number of halogens is 1. The number of aromatic nitrogens is 1. The van der Waals surface area contributed by atoms with Crippen molar-refractivity contribution in [3.05, 3.63) is 38.4 Å². The molecular formula is C16H15IN4OS. The second kappa shape index (κ2) is 5.27. The highest BCUT2D eigenvalue weighted by molar-refractivity contribution is 14.1. The second-order valence-electron chi connectivity index (χ2n) is 6.01. The van der Waals surface area contributed by atoms with Crippen molar-refractivity contribution >= 4 is 45.8 Å². The van der Waals surface area contributed by atoms with Gasteiger partial charge in [-0.2, -0.15) is 0 Å². The van der Waals surface area contributed by atoms with Crippen molar-refractivity contribution in [3.8, 4) is 11.1 Å². The molecule has 1 saturated carbocycles. The quantitative estimate of drug-likeness (QED) is 0.725. The van der Waals surface area contributed by atoms with Gasteiger partial charge in [-0.3, -0.25) is 20.1 Å². The van der Waals surface area contributed by atoms with E-state index in [1.807, 2.05) is 12.4 Å². The molecule has 1 amide bonds. The molecule has 1 aliphatic heterocycles. The van der Waals surface area contributed by atoms with Crippen LogP contribution in [0.2, 0.25) is 0 Å². The van der Waals surface area contributed by atoms with Crippen LogP contribution in [0.4, 0.5) is 0 Å². The van der Waals surface area contributed by atoms with Gasteiger partial charge in [0.2, 0.25) is 0 Å². The molecule has 0 radical (unpaired) electrons. The van der Waals surface area contributed by atoms with Crippen LogP contribution in [0.1, 0.15) is 17.7 Å². The summed E-state index contributed by atoms with van der Waals surface area (Å²) in [6.45, 7) is 0. The zero-order chi connectivity index (χ0) is 16.2. The van der Waals surface area contributed by atoms with Crippen molar-refractivity contribution in [2.24, 2.45) is 5.92 Å². The smallest absolute Gasteiger partial charge is 0.260 e. The molecule has 2 aliphatic rings. The third-order valence-electron chi connectivity index (χ3n) is 4.51. The number of carbonyl (C=O) groups excluding carboxylic acids is 1. The SMILES string of the molecule is CN1C(=N)NC(c2cc(-c3cncc(I)c3)cs2)(C2CC2)C1=O. The fraction of sp³-hybridized carbons (Fsp3) is 0.312. The molecule has 1 saturated heterocycles. The first-order valence-electron chi connectivity index (χ1n) is 7.37. The molecule has 5 nitrogen and oxygen atoms in total. The molecule has 23 heavy (non-hydrogen) atoms. The van der Waals surface area contributed by atoms with Crippen LogP contribution in [0.3, 0.4) is 0 Å². The number of carbonyl (C=O) groups is 1. The molecule has 1 unspecified atom stereocenters. The fourth-order valence-corrected chi connectivity index (χ4v) is 4.76. The molecule has 3 heterocycles. The summed E-state index contributed by atoms with van der Waals surface area (Å²) in [5, 5.41) is 13.2. The predicted molar refractivity (Wildman–Crippen MR) is 98.3 cm³/mol. The maximum absolute atomic E-state index is 12.8. The van der Waals surface area contributed by atoms with Gasteiger partial charge in [-0.1, -0.05) is 0 Å². The molecule has 7 heteroatoms. The summed E-state index contributed by atoms with van der Waals surface area (Å²) in [7, 11) is 1.67. The summed E-state index contributed by atoms with van der Waals surface area (Å²) in [4.78, 5) is 19.5. The van der Waals surface area contributed by atoms with Crippen molar-refractivity contribution in [2.45, 2.75) is 18.4 Å². The Hall–Kier alpha value is -1.48. The Balaban J connectivity index is 1.78. The lowest BCUT2D eigenvalue weighted by Crippen LogP contribution is -2.45. The first kappa shape index (κ1) is 15.1. The standard InChI is InChI=1S/C16H15IN4OS/c1-21-14(22)16(11-2-3-11,20-15(21)18)13-5-10(8-23-13)9-4-12(17)7-19-6-9/h4-8,11H,2-3H2,1H3,(H2,18,20). The van der Waals surface area contributed by atoms with Gasteiger partial charge in [0.25, 0.3) is 5.91 Å². The Morgan fingerprint density at radius 2 is 2.17 bits per heavy atom. The lowest BCUT2D eigenvalue weighted by molar-refractivity contribution is -0.131. The van der Waals surface area contributed by atoms with E-state index in [0.29, 0.717) is 0 Å². The Morgan fingerprint density at radius 1 is 1.39 bits per heavy atom. The van der Waals surface area contributed by atoms with Crippen LogP contribution < -0.4 is 5.32 Å². The van der Waals surface area contributed by atoms with E-state index in [9.17, 15) is 4.79 Å².